The number of allylic oxidation sites excluding steroid dienone is 1. The average Bonchev–Trinajstić information content (AvgIpc) is 2.46. The van der Waals surface area contributed by atoms with Crippen molar-refractivity contribution in [3.63, 3.8) is 0 Å². The lowest BCUT2D eigenvalue weighted by atomic mass is 10.0. The first-order valence-corrected chi connectivity index (χ1v) is 4.89. The van der Waals surface area contributed by atoms with Crippen LogP contribution in [-0.4, -0.2) is 12.5 Å². The van der Waals surface area contributed by atoms with Gasteiger partial charge in [-0.2, -0.15) is 0 Å². The molecule has 0 aliphatic carbocycles. The minimum absolute atomic E-state index is 0.103. The Bertz CT molecular complexity index is 240. The van der Waals surface area contributed by atoms with Gasteiger partial charge in [0.2, 0.25) is 5.91 Å². The highest BCUT2D eigenvalue weighted by Gasteiger charge is 2.19. The molecule has 2 heteroatoms. The Morgan fingerprint density at radius 2 is 2.38 bits per heavy atom. The molecule has 0 radical (unpaired) electrons. The van der Waals surface area contributed by atoms with Crippen LogP contribution in [0, 0.1) is 0 Å². The Morgan fingerprint density at radius 1 is 1.62 bits per heavy atom. The molecule has 0 fully saturated rings. The summed E-state index contributed by atoms with van der Waals surface area (Å²) in [4.78, 5) is 11.3. The molecule has 1 rings (SSSR count). The Kier molecular flexibility index (Phi) is 3.74. The molecule has 1 aliphatic rings. The third kappa shape index (κ3) is 2.44. The molecule has 0 saturated carbocycles. The van der Waals surface area contributed by atoms with Crippen LogP contribution in [-0.2, 0) is 4.79 Å². The van der Waals surface area contributed by atoms with Crippen molar-refractivity contribution in [2.75, 3.05) is 6.54 Å². The fourth-order valence-electron chi connectivity index (χ4n) is 1.57. The predicted octanol–water partition coefficient (Wildman–Crippen LogP) is 2.18. The maximum atomic E-state index is 11.3. The van der Waals surface area contributed by atoms with Crippen molar-refractivity contribution in [2.24, 2.45) is 0 Å². The van der Waals surface area contributed by atoms with Crippen molar-refractivity contribution in [1.82, 2.24) is 5.32 Å². The van der Waals surface area contributed by atoms with Crippen LogP contribution in [0.15, 0.2) is 23.8 Å². The molecular formula is C11H17NO. The van der Waals surface area contributed by atoms with Crippen LogP contribution in [0.1, 0.15) is 32.6 Å². The summed E-state index contributed by atoms with van der Waals surface area (Å²) in [6.07, 6.45) is 5.92. The van der Waals surface area contributed by atoms with Crippen molar-refractivity contribution in [2.45, 2.75) is 32.6 Å². The second-order valence-electron chi connectivity index (χ2n) is 3.36. The van der Waals surface area contributed by atoms with Gasteiger partial charge in [-0.25, -0.2) is 0 Å². The Morgan fingerprint density at radius 3 is 3.00 bits per heavy atom. The van der Waals surface area contributed by atoms with E-state index in [1.54, 1.807) is 6.08 Å². The number of rotatable bonds is 5. The molecule has 1 aliphatic heterocycles. The summed E-state index contributed by atoms with van der Waals surface area (Å²) in [7, 11) is 0. The first kappa shape index (κ1) is 10.0. The van der Waals surface area contributed by atoms with E-state index in [0.29, 0.717) is 6.42 Å². The third-order valence-electron chi connectivity index (χ3n) is 2.34. The standard InChI is InChI=1S/C11H17NO/c1-3-5-7-9-8-12-11(13)10(9)6-4-2/h4H,2-3,5-8H2,1H3,(H,12,13). The molecule has 0 aromatic carbocycles. The summed E-state index contributed by atoms with van der Waals surface area (Å²) in [5.74, 6) is 0.103. The molecule has 0 atom stereocenters. The second-order valence-corrected chi connectivity index (χ2v) is 3.36. The molecule has 1 N–H and O–H groups in total. The Labute approximate surface area is 79.7 Å². The summed E-state index contributed by atoms with van der Waals surface area (Å²) >= 11 is 0. The smallest absolute Gasteiger partial charge is 0.247 e. The topological polar surface area (TPSA) is 29.1 Å². The van der Waals surface area contributed by atoms with Gasteiger partial charge in [-0.15, -0.1) is 6.58 Å². The van der Waals surface area contributed by atoms with Crippen molar-refractivity contribution in [1.29, 1.82) is 0 Å². The predicted molar refractivity (Wildman–Crippen MR) is 54.4 cm³/mol. The maximum Gasteiger partial charge on any atom is 0.247 e. The highest BCUT2D eigenvalue weighted by atomic mass is 16.1. The summed E-state index contributed by atoms with van der Waals surface area (Å²) in [6.45, 7) is 6.58. The summed E-state index contributed by atoms with van der Waals surface area (Å²) < 4.78 is 0. The van der Waals surface area contributed by atoms with Gasteiger partial charge in [-0.3, -0.25) is 4.79 Å². The van der Waals surface area contributed by atoms with E-state index in [1.807, 2.05) is 0 Å². The van der Waals surface area contributed by atoms with E-state index < -0.39 is 0 Å². The van der Waals surface area contributed by atoms with Crippen molar-refractivity contribution in [3.8, 4) is 0 Å². The monoisotopic (exact) mass is 179 g/mol. The van der Waals surface area contributed by atoms with Gasteiger partial charge in [-0.1, -0.05) is 19.4 Å². The lowest BCUT2D eigenvalue weighted by Crippen LogP contribution is -2.17. The van der Waals surface area contributed by atoms with E-state index in [-0.39, 0.29) is 5.91 Å². The van der Waals surface area contributed by atoms with Gasteiger partial charge in [0.25, 0.3) is 0 Å². The van der Waals surface area contributed by atoms with Crippen LogP contribution >= 0.6 is 0 Å². The van der Waals surface area contributed by atoms with E-state index in [2.05, 4.69) is 18.8 Å². The number of nitrogens with one attached hydrogen (secondary N) is 1. The molecule has 0 bridgehead atoms. The van der Waals surface area contributed by atoms with E-state index in [0.717, 1.165) is 18.5 Å². The molecule has 1 heterocycles. The molecule has 0 spiro atoms. The van der Waals surface area contributed by atoms with Crippen LogP contribution < -0.4 is 5.32 Å². The number of hydrogen-bond acceptors (Lipinski definition) is 1. The van der Waals surface area contributed by atoms with Crippen LogP contribution in [0.2, 0.25) is 0 Å². The largest absolute Gasteiger partial charge is 0.349 e. The zero-order valence-electron chi connectivity index (χ0n) is 8.23. The van der Waals surface area contributed by atoms with Crippen LogP contribution in [0.25, 0.3) is 0 Å². The molecule has 13 heavy (non-hydrogen) atoms. The van der Waals surface area contributed by atoms with Crippen molar-refractivity contribution < 1.29 is 4.79 Å². The molecule has 1 amide bonds. The van der Waals surface area contributed by atoms with Gasteiger partial charge in [0.15, 0.2) is 0 Å². The quantitative estimate of drug-likeness (QED) is 0.644. The lowest BCUT2D eigenvalue weighted by Gasteiger charge is -2.00. The number of carbonyl (C=O) groups excluding carboxylic acids is 1. The second kappa shape index (κ2) is 4.85. The first-order valence-electron chi connectivity index (χ1n) is 4.89. The normalized spacial score (nSPS) is 16.2. The minimum atomic E-state index is 0.103. The molecule has 0 unspecified atom stereocenters. The Hall–Kier alpha value is -1.05. The zero-order valence-corrected chi connectivity index (χ0v) is 8.23. The Balaban J connectivity index is 2.64. The fourth-order valence-corrected chi connectivity index (χ4v) is 1.57. The van der Waals surface area contributed by atoms with E-state index in [1.165, 1.54) is 18.4 Å². The van der Waals surface area contributed by atoms with Crippen molar-refractivity contribution in [3.05, 3.63) is 23.8 Å². The summed E-state index contributed by atoms with van der Waals surface area (Å²) in [5.41, 5.74) is 2.23. The minimum Gasteiger partial charge on any atom is -0.349 e. The number of carbonyl (C=O) groups is 1. The van der Waals surface area contributed by atoms with Crippen LogP contribution in [0.5, 0.6) is 0 Å². The van der Waals surface area contributed by atoms with Gasteiger partial charge in [0.05, 0.1) is 0 Å². The van der Waals surface area contributed by atoms with Crippen molar-refractivity contribution >= 4 is 5.91 Å². The summed E-state index contributed by atoms with van der Waals surface area (Å²) in [6, 6.07) is 0. The first-order chi connectivity index (χ1) is 6.29. The highest BCUT2D eigenvalue weighted by Crippen LogP contribution is 2.20. The molecular weight excluding hydrogens is 162 g/mol. The van der Waals surface area contributed by atoms with E-state index >= 15 is 0 Å². The highest BCUT2D eigenvalue weighted by molar-refractivity contribution is 5.97. The molecule has 72 valence electrons. The van der Waals surface area contributed by atoms with Gasteiger partial charge in [0, 0.05) is 12.1 Å². The fraction of sp³-hybridized carbons (Fsp3) is 0.545. The average molecular weight is 179 g/mol. The lowest BCUT2D eigenvalue weighted by molar-refractivity contribution is -0.116. The zero-order chi connectivity index (χ0) is 9.68. The summed E-state index contributed by atoms with van der Waals surface area (Å²) in [5, 5.41) is 2.85. The molecule has 0 aromatic heterocycles. The SMILES string of the molecule is C=CCC1=C(CCCC)CNC1=O. The van der Waals surface area contributed by atoms with Gasteiger partial charge >= 0.3 is 0 Å². The molecule has 0 aromatic rings. The maximum absolute atomic E-state index is 11.3. The van der Waals surface area contributed by atoms with Gasteiger partial charge in [-0.05, 0) is 24.8 Å². The van der Waals surface area contributed by atoms with Crippen LogP contribution in [0.4, 0.5) is 0 Å². The number of unbranched alkanes of at least 4 members (excludes halogenated alkanes) is 1. The molecule has 2 nitrogen and oxygen atoms in total. The van der Waals surface area contributed by atoms with Gasteiger partial charge in [0.1, 0.15) is 0 Å². The molecule has 0 saturated heterocycles. The third-order valence-corrected chi connectivity index (χ3v) is 2.34. The van der Waals surface area contributed by atoms with E-state index in [9.17, 15) is 4.79 Å². The number of amides is 1. The van der Waals surface area contributed by atoms with E-state index in [4.69, 9.17) is 0 Å². The van der Waals surface area contributed by atoms with Gasteiger partial charge < -0.3 is 5.32 Å². The van der Waals surface area contributed by atoms with Crippen LogP contribution in [0.3, 0.4) is 0 Å². The number of hydrogen-bond donors (Lipinski definition) is 1.